The minimum atomic E-state index is 0.332. The molecular formula is C14H30N2OS. The van der Waals surface area contributed by atoms with Gasteiger partial charge in [0, 0.05) is 31.2 Å². The van der Waals surface area contributed by atoms with Crippen LogP contribution in [0.1, 0.15) is 26.7 Å². The zero-order valence-corrected chi connectivity index (χ0v) is 13.3. The van der Waals surface area contributed by atoms with Crippen LogP contribution in [0.2, 0.25) is 0 Å². The Labute approximate surface area is 117 Å². The Morgan fingerprint density at radius 2 is 2.28 bits per heavy atom. The Morgan fingerprint density at radius 3 is 2.83 bits per heavy atom. The van der Waals surface area contributed by atoms with E-state index in [1.54, 1.807) is 0 Å². The van der Waals surface area contributed by atoms with Crippen LogP contribution in [-0.4, -0.2) is 62.8 Å². The molecule has 1 heterocycles. The van der Waals surface area contributed by atoms with Crippen LogP contribution in [0, 0.1) is 5.41 Å². The fourth-order valence-corrected chi connectivity index (χ4v) is 3.13. The Morgan fingerprint density at radius 1 is 1.50 bits per heavy atom. The summed E-state index contributed by atoms with van der Waals surface area (Å²) in [6.07, 6.45) is 4.65. The van der Waals surface area contributed by atoms with E-state index in [9.17, 15) is 0 Å². The van der Waals surface area contributed by atoms with Gasteiger partial charge in [-0.2, -0.15) is 11.8 Å². The van der Waals surface area contributed by atoms with Crippen molar-refractivity contribution in [2.45, 2.75) is 32.7 Å². The zero-order valence-electron chi connectivity index (χ0n) is 12.5. The van der Waals surface area contributed by atoms with Crippen molar-refractivity contribution >= 4 is 11.8 Å². The highest BCUT2D eigenvalue weighted by molar-refractivity contribution is 7.98. The smallest absolute Gasteiger partial charge is 0.0547 e. The van der Waals surface area contributed by atoms with Crippen molar-refractivity contribution < 1.29 is 4.74 Å². The highest BCUT2D eigenvalue weighted by Gasteiger charge is 2.36. The molecule has 2 unspecified atom stereocenters. The monoisotopic (exact) mass is 274 g/mol. The second-order valence-corrected chi connectivity index (χ2v) is 6.61. The average Bonchev–Trinajstić information content (AvgIpc) is 2.82. The van der Waals surface area contributed by atoms with Crippen molar-refractivity contribution in [1.82, 2.24) is 10.2 Å². The zero-order chi connectivity index (χ0) is 13.4. The molecule has 18 heavy (non-hydrogen) atoms. The molecule has 1 aliphatic rings. The largest absolute Gasteiger partial charge is 0.381 e. The van der Waals surface area contributed by atoms with E-state index in [-0.39, 0.29) is 0 Å². The second kappa shape index (κ2) is 8.41. The van der Waals surface area contributed by atoms with Gasteiger partial charge in [0.05, 0.1) is 6.61 Å². The number of hydrogen-bond acceptors (Lipinski definition) is 4. The Bertz CT molecular complexity index is 220. The minimum Gasteiger partial charge on any atom is -0.381 e. The molecule has 1 rings (SSSR count). The molecule has 2 atom stereocenters. The maximum absolute atomic E-state index is 5.65. The van der Waals surface area contributed by atoms with Crippen LogP contribution in [-0.2, 0) is 4.74 Å². The number of rotatable bonds is 9. The van der Waals surface area contributed by atoms with E-state index in [2.05, 4.69) is 37.4 Å². The predicted octanol–water partition coefficient (Wildman–Crippen LogP) is 2.08. The third-order valence-electron chi connectivity index (χ3n) is 4.01. The lowest BCUT2D eigenvalue weighted by Gasteiger charge is -2.35. The fraction of sp³-hybridized carbons (Fsp3) is 1.00. The SMILES string of the molecule is CCNCC1(CN(C)C(C)CCSC)CCOC1. The van der Waals surface area contributed by atoms with Gasteiger partial charge in [0.15, 0.2) is 0 Å². The topological polar surface area (TPSA) is 24.5 Å². The van der Waals surface area contributed by atoms with Crippen molar-refractivity contribution in [2.24, 2.45) is 5.41 Å². The molecular weight excluding hydrogens is 244 g/mol. The van der Waals surface area contributed by atoms with Crippen molar-refractivity contribution in [2.75, 3.05) is 51.9 Å². The lowest BCUT2D eigenvalue weighted by Crippen LogP contribution is -2.46. The molecule has 0 aliphatic carbocycles. The first-order valence-corrected chi connectivity index (χ1v) is 8.50. The summed E-state index contributed by atoms with van der Waals surface area (Å²) < 4.78 is 5.65. The summed E-state index contributed by atoms with van der Waals surface area (Å²) in [4.78, 5) is 2.52. The van der Waals surface area contributed by atoms with Gasteiger partial charge < -0.3 is 15.0 Å². The van der Waals surface area contributed by atoms with E-state index in [0.717, 1.165) is 32.8 Å². The Hall–Kier alpha value is 0.230. The summed E-state index contributed by atoms with van der Waals surface area (Å²) in [6.45, 7) is 9.64. The van der Waals surface area contributed by atoms with Gasteiger partial charge in [-0.05, 0) is 45.4 Å². The quantitative estimate of drug-likeness (QED) is 0.696. The van der Waals surface area contributed by atoms with Gasteiger partial charge in [-0.1, -0.05) is 6.92 Å². The fourth-order valence-electron chi connectivity index (χ4n) is 2.55. The molecule has 1 saturated heterocycles. The number of hydrogen-bond donors (Lipinski definition) is 1. The van der Waals surface area contributed by atoms with Gasteiger partial charge in [0.1, 0.15) is 0 Å². The Balaban J connectivity index is 2.44. The summed E-state index contributed by atoms with van der Waals surface area (Å²) in [5, 5.41) is 3.51. The molecule has 4 heteroatoms. The van der Waals surface area contributed by atoms with Crippen molar-refractivity contribution in [3.8, 4) is 0 Å². The summed E-state index contributed by atoms with van der Waals surface area (Å²) in [5.41, 5.74) is 0.332. The molecule has 0 bridgehead atoms. The van der Waals surface area contributed by atoms with Gasteiger partial charge in [-0.15, -0.1) is 0 Å². The summed E-state index contributed by atoms with van der Waals surface area (Å²) in [5.74, 6) is 1.25. The number of nitrogens with one attached hydrogen (secondary N) is 1. The van der Waals surface area contributed by atoms with Gasteiger partial charge in [0.25, 0.3) is 0 Å². The van der Waals surface area contributed by atoms with Gasteiger partial charge in [-0.3, -0.25) is 0 Å². The number of nitrogens with zero attached hydrogens (tertiary/aromatic N) is 1. The molecule has 0 aromatic rings. The number of ether oxygens (including phenoxy) is 1. The van der Waals surface area contributed by atoms with Gasteiger partial charge in [0.2, 0.25) is 0 Å². The van der Waals surface area contributed by atoms with E-state index in [0.29, 0.717) is 11.5 Å². The first kappa shape index (κ1) is 16.3. The molecule has 0 aromatic heterocycles. The van der Waals surface area contributed by atoms with Crippen LogP contribution in [0.5, 0.6) is 0 Å². The molecule has 0 radical (unpaired) electrons. The molecule has 108 valence electrons. The van der Waals surface area contributed by atoms with Gasteiger partial charge in [-0.25, -0.2) is 0 Å². The van der Waals surface area contributed by atoms with Crippen LogP contribution in [0.15, 0.2) is 0 Å². The van der Waals surface area contributed by atoms with E-state index in [1.165, 1.54) is 18.6 Å². The molecule has 3 nitrogen and oxygen atoms in total. The third kappa shape index (κ3) is 5.08. The predicted molar refractivity (Wildman–Crippen MR) is 81.5 cm³/mol. The minimum absolute atomic E-state index is 0.332. The first-order valence-electron chi connectivity index (χ1n) is 7.11. The lowest BCUT2D eigenvalue weighted by molar-refractivity contribution is 0.104. The van der Waals surface area contributed by atoms with Crippen LogP contribution in [0.4, 0.5) is 0 Å². The van der Waals surface area contributed by atoms with E-state index < -0.39 is 0 Å². The second-order valence-electron chi connectivity index (χ2n) is 5.63. The molecule has 0 amide bonds. The van der Waals surface area contributed by atoms with Crippen molar-refractivity contribution in [1.29, 1.82) is 0 Å². The lowest BCUT2D eigenvalue weighted by atomic mass is 9.86. The molecule has 0 saturated carbocycles. The summed E-state index contributed by atoms with van der Waals surface area (Å²) in [6, 6.07) is 0.663. The Kier molecular flexibility index (Phi) is 7.61. The van der Waals surface area contributed by atoms with Crippen LogP contribution >= 0.6 is 11.8 Å². The van der Waals surface area contributed by atoms with E-state index >= 15 is 0 Å². The molecule has 0 spiro atoms. The third-order valence-corrected chi connectivity index (χ3v) is 4.66. The van der Waals surface area contributed by atoms with E-state index in [1.807, 2.05) is 11.8 Å². The highest BCUT2D eigenvalue weighted by atomic mass is 32.2. The maximum atomic E-state index is 5.65. The maximum Gasteiger partial charge on any atom is 0.0547 e. The molecule has 1 N–H and O–H groups in total. The van der Waals surface area contributed by atoms with Gasteiger partial charge >= 0.3 is 0 Å². The van der Waals surface area contributed by atoms with Crippen LogP contribution < -0.4 is 5.32 Å². The molecule has 1 aliphatic heterocycles. The average molecular weight is 274 g/mol. The normalized spacial score (nSPS) is 25.8. The van der Waals surface area contributed by atoms with Crippen LogP contribution in [0.25, 0.3) is 0 Å². The molecule has 1 fully saturated rings. The van der Waals surface area contributed by atoms with Crippen LogP contribution in [0.3, 0.4) is 0 Å². The highest BCUT2D eigenvalue weighted by Crippen LogP contribution is 2.29. The molecule has 0 aromatic carbocycles. The van der Waals surface area contributed by atoms with Crippen molar-refractivity contribution in [3.63, 3.8) is 0 Å². The summed E-state index contributed by atoms with van der Waals surface area (Å²) in [7, 11) is 2.26. The number of thioether (sulfide) groups is 1. The van der Waals surface area contributed by atoms with E-state index in [4.69, 9.17) is 4.74 Å². The van der Waals surface area contributed by atoms with Crippen molar-refractivity contribution in [3.05, 3.63) is 0 Å². The standard InChI is InChI=1S/C14H30N2OS/c1-5-15-10-14(7-8-17-12-14)11-16(3)13(2)6-9-18-4/h13,15H,5-12H2,1-4H3. The summed E-state index contributed by atoms with van der Waals surface area (Å²) >= 11 is 1.94. The first-order chi connectivity index (χ1) is 8.63.